The second kappa shape index (κ2) is 6.13. The first-order valence-electron chi connectivity index (χ1n) is 5.57. The van der Waals surface area contributed by atoms with Gasteiger partial charge in [0.05, 0.1) is 11.9 Å². The summed E-state index contributed by atoms with van der Waals surface area (Å²) in [7, 11) is -1.88. The third kappa shape index (κ3) is 3.52. The smallest absolute Gasteiger partial charge is 0.246 e. The minimum Gasteiger partial charge on any atom is -0.396 e. The highest BCUT2D eigenvalue weighted by atomic mass is 32.2. The first-order valence-corrected chi connectivity index (χ1v) is 7.01. The van der Waals surface area contributed by atoms with Gasteiger partial charge >= 0.3 is 0 Å². The molecule has 0 radical (unpaired) electrons. The average Bonchev–Trinajstić information content (AvgIpc) is 2.71. The van der Waals surface area contributed by atoms with Gasteiger partial charge in [0.2, 0.25) is 10.0 Å². The molecule has 0 atom stereocenters. The summed E-state index contributed by atoms with van der Waals surface area (Å²) >= 11 is 0. The molecule has 0 aliphatic carbocycles. The van der Waals surface area contributed by atoms with Crippen LogP contribution in [-0.4, -0.2) is 48.2 Å². The summed E-state index contributed by atoms with van der Waals surface area (Å²) in [6.07, 6.45) is 3.60. The molecule has 0 fully saturated rings. The minimum absolute atomic E-state index is 0.150. The van der Waals surface area contributed by atoms with Crippen LogP contribution in [0.4, 0.5) is 0 Å². The summed E-state index contributed by atoms with van der Waals surface area (Å²) in [5, 5.41) is 15.0. The van der Waals surface area contributed by atoms with Crippen molar-refractivity contribution in [3.8, 4) is 0 Å². The Kier molecular flexibility index (Phi) is 5.10. The number of H-pyrrole nitrogens is 1. The molecular formula is C10H19N3O3S. The zero-order chi connectivity index (χ0) is 12.9. The van der Waals surface area contributed by atoms with Gasteiger partial charge in [-0.3, -0.25) is 5.10 Å². The van der Waals surface area contributed by atoms with Crippen molar-refractivity contribution in [1.29, 1.82) is 0 Å². The monoisotopic (exact) mass is 261 g/mol. The molecule has 7 heteroatoms. The molecule has 6 nitrogen and oxygen atoms in total. The molecule has 0 amide bonds. The second-order valence-corrected chi connectivity index (χ2v) is 5.98. The van der Waals surface area contributed by atoms with E-state index in [4.69, 9.17) is 5.11 Å². The number of nitrogens with zero attached hydrogens (tertiary/aromatic N) is 2. The largest absolute Gasteiger partial charge is 0.396 e. The Morgan fingerprint density at radius 2 is 2.12 bits per heavy atom. The maximum Gasteiger partial charge on any atom is 0.246 e. The Balaban J connectivity index is 2.62. The number of sulfonamides is 1. The molecule has 1 heterocycles. The van der Waals surface area contributed by atoms with Crippen LogP contribution < -0.4 is 0 Å². The van der Waals surface area contributed by atoms with Gasteiger partial charge in [0.25, 0.3) is 0 Å². The Morgan fingerprint density at radius 3 is 2.65 bits per heavy atom. The lowest BCUT2D eigenvalue weighted by atomic mass is 10.2. The quantitative estimate of drug-likeness (QED) is 0.700. The number of nitrogens with one attached hydrogen (secondary N) is 1. The number of aryl methyl sites for hydroxylation is 1. The van der Waals surface area contributed by atoms with Gasteiger partial charge in [0.15, 0.2) is 0 Å². The van der Waals surface area contributed by atoms with Crippen molar-refractivity contribution in [2.45, 2.75) is 31.1 Å². The third-order valence-electron chi connectivity index (χ3n) is 2.60. The van der Waals surface area contributed by atoms with E-state index in [-0.39, 0.29) is 11.5 Å². The molecule has 98 valence electrons. The van der Waals surface area contributed by atoms with Crippen LogP contribution in [0.3, 0.4) is 0 Å². The van der Waals surface area contributed by atoms with Crippen LogP contribution in [0, 0.1) is 6.92 Å². The summed E-state index contributed by atoms with van der Waals surface area (Å²) in [6, 6.07) is 0. The zero-order valence-electron chi connectivity index (χ0n) is 10.2. The van der Waals surface area contributed by atoms with Crippen molar-refractivity contribution in [2.24, 2.45) is 0 Å². The van der Waals surface area contributed by atoms with E-state index in [2.05, 4.69) is 10.2 Å². The Hall–Kier alpha value is -0.920. The number of aromatic nitrogens is 2. The van der Waals surface area contributed by atoms with Crippen LogP contribution in [0.1, 0.15) is 25.0 Å². The van der Waals surface area contributed by atoms with Crippen LogP contribution in [0.2, 0.25) is 0 Å². The van der Waals surface area contributed by atoms with Gasteiger partial charge in [0.1, 0.15) is 4.90 Å². The van der Waals surface area contributed by atoms with Crippen LogP contribution in [0.5, 0.6) is 0 Å². The molecule has 2 N–H and O–H groups in total. The van der Waals surface area contributed by atoms with Crippen LogP contribution in [0.15, 0.2) is 11.1 Å². The lowest BCUT2D eigenvalue weighted by molar-refractivity contribution is 0.281. The van der Waals surface area contributed by atoms with Crippen molar-refractivity contribution < 1.29 is 13.5 Å². The fourth-order valence-corrected chi connectivity index (χ4v) is 2.83. The molecule has 1 rings (SSSR count). The molecule has 17 heavy (non-hydrogen) atoms. The van der Waals surface area contributed by atoms with Crippen molar-refractivity contribution >= 4 is 10.0 Å². The van der Waals surface area contributed by atoms with Gasteiger partial charge in [-0.1, -0.05) is 0 Å². The zero-order valence-corrected chi connectivity index (χ0v) is 11.0. The van der Waals surface area contributed by atoms with E-state index in [1.54, 1.807) is 14.0 Å². The summed E-state index contributed by atoms with van der Waals surface area (Å²) in [5.41, 5.74) is 0.548. The second-order valence-electron chi connectivity index (χ2n) is 3.97. The molecule has 0 unspecified atom stereocenters. The van der Waals surface area contributed by atoms with Gasteiger partial charge in [-0.25, -0.2) is 12.7 Å². The number of rotatable bonds is 7. The van der Waals surface area contributed by atoms with Gasteiger partial charge < -0.3 is 5.11 Å². The normalized spacial score (nSPS) is 12.2. The number of unbranched alkanes of at least 4 members (excludes halogenated alkanes) is 2. The fraction of sp³-hybridized carbons (Fsp3) is 0.700. The Bertz CT molecular complexity index is 441. The molecular weight excluding hydrogens is 242 g/mol. The minimum atomic E-state index is -3.44. The van der Waals surface area contributed by atoms with E-state index in [1.807, 2.05) is 0 Å². The Labute approximate surface area is 102 Å². The van der Waals surface area contributed by atoms with Gasteiger partial charge in [-0.15, -0.1) is 0 Å². The van der Waals surface area contributed by atoms with Crippen molar-refractivity contribution in [2.75, 3.05) is 20.2 Å². The molecule has 0 aliphatic heterocycles. The first-order chi connectivity index (χ1) is 8.00. The molecule has 0 saturated carbocycles. The Morgan fingerprint density at radius 1 is 1.41 bits per heavy atom. The number of hydrogen-bond donors (Lipinski definition) is 2. The summed E-state index contributed by atoms with van der Waals surface area (Å²) in [4.78, 5) is 0.224. The molecule has 0 aliphatic rings. The van der Waals surface area contributed by atoms with E-state index >= 15 is 0 Å². The standard InChI is InChI=1S/C10H19N3O3S/c1-9-10(8-11-12-9)17(15,16)13(2)6-4-3-5-7-14/h8,14H,3-7H2,1-2H3,(H,11,12). The third-order valence-corrected chi connectivity index (χ3v) is 4.57. The molecule has 0 saturated heterocycles. The molecule has 1 aromatic heterocycles. The van der Waals surface area contributed by atoms with Gasteiger partial charge in [-0.2, -0.15) is 5.10 Å². The van der Waals surface area contributed by atoms with Crippen molar-refractivity contribution in [1.82, 2.24) is 14.5 Å². The maximum atomic E-state index is 12.1. The molecule has 1 aromatic rings. The van der Waals surface area contributed by atoms with Crippen LogP contribution in [-0.2, 0) is 10.0 Å². The number of aliphatic hydroxyl groups excluding tert-OH is 1. The van der Waals surface area contributed by atoms with E-state index in [1.165, 1.54) is 10.5 Å². The maximum absolute atomic E-state index is 12.1. The SMILES string of the molecule is Cc1[nH]ncc1S(=O)(=O)N(C)CCCCCO. The highest BCUT2D eigenvalue weighted by Crippen LogP contribution is 2.16. The van der Waals surface area contributed by atoms with E-state index in [0.29, 0.717) is 18.7 Å². The van der Waals surface area contributed by atoms with Crippen molar-refractivity contribution in [3.05, 3.63) is 11.9 Å². The van der Waals surface area contributed by atoms with E-state index in [0.717, 1.165) is 12.8 Å². The topological polar surface area (TPSA) is 86.3 Å². The van der Waals surface area contributed by atoms with Crippen LogP contribution >= 0.6 is 0 Å². The summed E-state index contributed by atoms with van der Waals surface area (Å²) in [5.74, 6) is 0. The average molecular weight is 261 g/mol. The number of aliphatic hydroxyl groups is 1. The van der Waals surface area contributed by atoms with E-state index < -0.39 is 10.0 Å². The van der Waals surface area contributed by atoms with Crippen LogP contribution in [0.25, 0.3) is 0 Å². The predicted octanol–water partition coefficient (Wildman–Crippen LogP) is 0.501. The molecule has 0 spiro atoms. The highest BCUT2D eigenvalue weighted by molar-refractivity contribution is 7.89. The fourth-order valence-electron chi connectivity index (χ4n) is 1.51. The first kappa shape index (κ1) is 14.1. The molecule has 0 bridgehead atoms. The summed E-state index contributed by atoms with van der Waals surface area (Å²) < 4.78 is 25.5. The van der Waals surface area contributed by atoms with E-state index in [9.17, 15) is 8.42 Å². The molecule has 0 aromatic carbocycles. The lowest BCUT2D eigenvalue weighted by Gasteiger charge is -2.16. The predicted molar refractivity (Wildman–Crippen MR) is 64.1 cm³/mol. The lowest BCUT2D eigenvalue weighted by Crippen LogP contribution is -2.28. The van der Waals surface area contributed by atoms with Gasteiger partial charge in [-0.05, 0) is 26.2 Å². The van der Waals surface area contributed by atoms with Crippen molar-refractivity contribution in [3.63, 3.8) is 0 Å². The number of aromatic amines is 1. The summed E-state index contributed by atoms with van der Waals surface area (Å²) in [6.45, 7) is 2.28. The van der Waals surface area contributed by atoms with Gasteiger partial charge in [0, 0.05) is 20.2 Å². The number of hydrogen-bond acceptors (Lipinski definition) is 4. The highest BCUT2D eigenvalue weighted by Gasteiger charge is 2.23.